The van der Waals surface area contributed by atoms with Crippen LogP contribution in [-0.4, -0.2) is 76.7 Å². The lowest BCUT2D eigenvalue weighted by molar-refractivity contribution is -0.145. The summed E-state index contributed by atoms with van der Waals surface area (Å²) in [5, 5.41) is 8.87. The Morgan fingerprint density at radius 3 is 2.43 bits per heavy atom. The van der Waals surface area contributed by atoms with Crippen LogP contribution in [-0.2, 0) is 28.8 Å². The van der Waals surface area contributed by atoms with Gasteiger partial charge in [-0.15, -0.1) is 0 Å². The van der Waals surface area contributed by atoms with Gasteiger partial charge >= 0.3 is 0 Å². The number of ketones is 1. The third kappa shape index (κ3) is 9.75. The van der Waals surface area contributed by atoms with Gasteiger partial charge in [-0.05, 0) is 67.7 Å². The number of nitrogens with one attached hydrogen (secondary N) is 4. The molecule has 4 N–H and O–H groups in total. The van der Waals surface area contributed by atoms with Crippen LogP contribution in [0, 0.1) is 11.3 Å². The highest BCUT2D eigenvalue weighted by atomic mass is 35.5. The largest absolute Gasteiger partial charge is 0.476 e. The number of ether oxygens (including phenoxy) is 1. The maximum Gasteiger partial charge on any atom is 0.289 e. The number of benzene rings is 1. The highest BCUT2D eigenvalue weighted by Gasteiger charge is 2.54. The number of likely N-dealkylation sites (tertiary alicyclic amines) is 1. The first-order valence-electron chi connectivity index (χ1n) is 18.1. The standard InChI is InChI=1S/C37H51Cl2N5O7/c1-5-9-26(31(46)34(48)40-24-13-14-24)41-33(47)28-19-37(18-27(43-51-37)23-12-15-29(50-21-38)25(39)17-23)20-44(28)35(49)32(36(2,3)4)42-30(45)16-22-10-7-6-8-11-22/h12,15,17-18,22,24,26,28,32,43H,5-11,13-14,16,19-21H2,1-4H3,(H,40,48)(H,41,47)(H,42,45)/t26-,28-,32+,37+/m0/s1. The van der Waals surface area contributed by atoms with E-state index in [9.17, 15) is 24.0 Å². The third-order valence-corrected chi connectivity index (χ3v) is 10.5. The molecular weight excluding hydrogens is 697 g/mol. The number of rotatable bonds is 14. The van der Waals surface area contributed by atoms with Gasteiger partial charge in [-0.2, -0.15) is 0 Å². The second-order valence-corrected chi connectivity index (χ2v) is 16.1. The van der Waals surface area contributed by atoms with Gasteiger partial charge < -0.3 is 25.6 Å². The monoisotopic (exact) mass is 747 g/mol. The molecular formula is C37H51Cl2N5O7. The molecule has 1 aromatic carbocycles. The van der Waals surface area contributed by atoms with Gasteiger partial charge in [0.2, 0.25) is 23.5 Å². The molecule has 1 spiro atoms. The molecule has 0 aromatic heterocycles. The summed E-state index contributed by atoms with van der Waals surface area (Å²) < 4.78 is 5.35. The number of hydrogen-bond acceptors (Lipinski definition) is 8. The summed E-state index contributed by atoms with van der Waals surface area (Å²) in [4.78, 5) is 75.7. The average Bonchev–Trinajstić information content (AvgIpc) is 3.68. The second kappa shape index (κ2) is 16.5. The fourth-order valence-corrected chi connectivity index (χ4v) is 7.52. The number of amides is 4. The SMILES string of the molecule is CCC[C@H](NC(=O)[C@@H]1C[C@]2(C=C(c3ccc(OCCl)c(Cl)c3)NO2)CN1C(=O)[C@@H](NC(=O)CC1CCCCC1)C(C)(C)C)C(=O)C(=O)NC1CC1. The van der Waals surface area contributed by atoms with Crippen LogP contribution in [0.2, 0.25) is 5.02 Å². The summed E-state index contributed by atoms with van der Waals surface area (Å²) in [5.74, 6) is -1.96. The zero-order valence-corrected chi connectivity index (χ0v) is 31.5. The number of Topliss-reactive ketones (excluding diaryl/α,β-unsaturated/α-hetero) is 1. The lowest BCUT2D eigenvalue weighted by Gasteiger charge is -2.36. The first-order chi connectivity index (χ1) is 24.2. The van der Waals surface area contributed by atoms with E-state index in [0.29, 0.717) is 34.9 Å². The van der Waals surface area contributed by atoms with Gasteiger partial charge in [0.25, 0.3) is 5.91 Å². The van der Waals surface area contributed by atoms with Crippen molar-refractivity contribution in [3.8, 4) is 5.75 Å². The van der Waals surface area contributed by atoms with Gasteiger partial charge in [0.05, 0.1) is 23.3 Å². The maximum atomic E-state index is 14.6. The maximum absolute atomic E-state index is 14.6. The second-order valence-electron chi connectivity index (χ2n) is 15.4. The van der Waals surface area contributed by atoms with Crippen molar-refractivity contribution in [2.75, 3.05) is 12.6 Å². The summed E-state index contributed by atoms with van der Waals surface area (Å²) in [6.45, 7) is 7.47. The molecule has 12 nitrogen and oxygen atoms in total. The van der Waals surface area contributed by atoms with Crippen LogP contribution < -0.4 is 26.2 Å². The van der Waals surface area contributed by atoms with Crippen LogP contribution in [0.4, 0.5) is 0 Å². The highest BCUT2D eigenvalue weighted by molar-refractivity contribution is 6.38. The zero-order chi connectivity index (χ0) is 36.9. The van der Waals surface area contributed by atoms with E-state index in [1.165, 1.54) is 11.3 Å². The van der Waals surface area contributed by atoms with Crippen molar-refractivity contribution < 1.29 is 33.5 Å². The Morgan fingerprint density at radius 2 is 1.80 bits per heavy atom. The Labute approximate surface area is 310 Å². The quantitative estimate of drug-likeness (QED) is 0.157. The zero-order valence-electron chi connectivity index (χ0n) is 29.9. The Balaban J connectivity index is 1.42. The predicted molar refractivity (Wildman–Crippen MR) is 193 cm³/mol. The Morgan fingerprint density at radius 1 is 1.08 bits per heavy atom. The smallest absolute Gasteiger partial charge is 0.289 e. The van der Waals surface area contributed by atoms with Crippen molar-refractivity contribution in [2.45, 2.75) is 128 Å². The predicted octanol–water partition coefficient (Wildman–Crippen LogP) is 4.76. The van der Waals surface area contributed by atoms with Crippen molar-refractivity contribution in [1.29, 1.82) is 0 Å². The van der Waals surface area contributed by atoms with Gasteiger partial charge in [0, 0.05) is 24.4 Å². The first kappa shape index (κ1) is 38.9. The van der Waals surface area contributed by atoms with Gasteiger partial charge in [0.1, 0.15) is 23.4 Å². The molecule has 0 bridgehead atoms. The van der Waals surface area contributed by atoms with Gasteiger partial charge in [-0.1, -0.05) is 76.6 Å². The van der Waals surface area contributed by atoms with Gasteiger partial charge in [-0.3, -0.25) is 34.3 Å². The molecule has 1 saturated heterocycles. The number of halogens is 2. The van der Waals surface area contributed by atoms with Crippen LogP contribution >= 0.6 is 23.2 Å². The molecule has 0 radical (unpaired) electrons. The number of hydroxylamine groups is 1. The molecule has 51 heavy (non-hydrogen) atoms. The minimum absolute atomic E-state index is 0.0127. The molecule has 14 heteroatoms. The van der Waals surface area contributed by atoms with Crippen molar-refractivity contribution in [2.24, 2.45) is 11.3 Å². The third-order valence-electron chi connectivity index (χ3n) is 10.1. The van der Waals surface area contributed by atoms with E-state index in [2.05, 4.69) is 21.4 Å². The lowest BCUT2D eigenvalue weighted by Crippen LogP contribution is -2.59. The number of alkyl halides is 1. The van der Waals surface area contributed by atoms with Crippen molar-refractivity contribution >= 4 is 58.3 Å². The molecule has 0 unspecified atom stereocenters. The molecule has 1 aromatic rings. The van der Waals surface area contributed by atoms with Gasteiger partial charge in [0.15, 0.2) is 6.07 Å². The summed E-state index contributed by atoms with van der Waals surface area (Å²) in [5.41, 5.74) is 2.38. The average molecular weight is 749 g/mol. The molecule has 280 valence electrons. The number of nitrogens with zero attached hydrogens (tertiary/aromatic N) is 1. The van der Waals surface area contributed by atoms with E-state index in [-0.39, 0.29) is 43.3 Å². The van der Waals surface area contributed by atoms with Crippen molar-refractivity contribution in [1.82, 2.24) is 26.3 Å². The van der Waals surface area contributed by atoms with E-state index in [4.69, 9.17) is 32.8 Å². The molecule has 2 heterocycles. The molecule has 2 aliphatic carbocycles. The summed E-state index contributed by atoms with van der Waals surface area (Å²) in [6.07, 6.45) is 9.98. The molecule has 3 fully saturated rings. The number of carbonyl (C=O) groups is 5. The molecule has 4 aliphatic rings. The normalized spacial score (nSPS) is 23.2. The van der Waals surface area contributed by atoms with E-state index >= 15 is 0 Å². The van der Waals surface area contributed by atoms with Crippen LogP contribution in [0.25, 0.3) is 5.70 Å². The highest BCUT2D eigenvalue weighted by Crippen LogP contribution is 2.40. The minimum atomic E-state index is -1.13. The van der Waals surface area contributed by atoms with Crippen molar-refractivity contribution in [3.63, 3.8) is 0 Å². The molecule has 4 atom stereocenters. The van der Waals surface area contributed by atoms with Crippen LogP contribution in [0.3, 0.4) is 0 Å². The van der Waals surface area contributed by atoms with Crippen LogP contribution in [0.1, 0.15) is 104 Å². The summed E-state index contributed by atoms with van der Waals surface area (Å²) in [7, 11) is 0. The van der Waals surface area contributed by atoms with Crippen LogP contribution in [0.15, 0.2) is 24.3 Å². The van der Waals surface area contributed by atoms with Gasteiger partial charge in [-0.25, -0.2) is 0 Å². The van der Waals surface area contributed by atoms with E-state index in [1.54, 1.807) is 18.2 Å². The summed E-state index contributed by atoms with van der Waals surface area (Å²) >= 11 is 12.1. The van der Waals surface area contributed by atoms with E-state index in [1.807, 2.05) is 33.8 Å². The topological polar surface area (TPSA) is 155 Å². The molecule has 5 rings (SSSR count). The van der Waals surface area contributed by atoms with Crippen LogP contribution in [0.5, 0.6) is 5.75 Å². The molecule has 2 aliphatic heterocycles. The first-order valence-corrected chi connectivity index (χ1v) is 19.1. The molecule has 2 saturated carbocycles. The Hall–Kier alpha value is -3.35. The minimum Gasteiger partial charge on any atom is -0.476 e. The summed E-state index contributed by atoms with van der Waals surface area (Å²) in [6, 6.07) is 2.00. The Kier molecular flexibility index (Phi) is 12.6. The van der Waals surface area contributed by atoms with E-state index < -0.39 is 52.6 Å². The number of carbonyl (C=O) groups excluding carboxylic acids is 5. The molecule has 4 amide bonds. The Bertz CT molecular complexity index is 1520. The van der Waals surface area contributed by atoms with E-state index in [0.717, 1.165) is 38.5 Å². The fourth-order valence-electron chi connectivity index (χ4n) is 7.17. The number of hydrogen-bond donors (Lipinski definition) is 4. The fraction of sp³-hybridized carbons (Fsp3) is 0.649. The lowest BCUT2D eigenvalue weighted by atomic mass is 9.84. The van der Waals surface area contributed by atoms with Crippen molar-refractivity contribution in [3.05, 3.63) is 34.9 Å².